The Morgan fingerprint density at radius 3 is 2.68 bits per heavy atom. The van der Waals surface area contributed by atoms with Gasteiger partial charge >= 0.3 is 0 Å². The predicted octanol–water partition coefficient (Wildman–Crippen LogP) is 3.49. The van der Waals surface area contributed by atoms with Crippen LogP contribution < -0.4 is 5.32 Å². The Balaban J connectivity index is 2.58. The summed E-state index contributed by atoms with van der Waals surface area (Å²) in [5.74, 6) is 1.43. The molecule has 0 aliphatic rings. The number of rotatable bonds is 4. The molecule has 0 aliphatic heterocycles. The molecule has 2 rings (SSSR count). The fraction of sp³-hybridized carbons (Fsp3) is 0.357. The van der Waals surface area contributed by atoms with Crippen molar-refractivity contribution < 1.29 is 0 Å². The van der Waals surface area contributed by atoms with Gasteiger partial charge in [-0.25, -0.2) is 9.97 Å². The summed E-state index contributed by atoms with van der Waals surface area (Å²) in [5.41, 5.74) is 2.72. The average Bonchev–Trinajstić information content (AvgIpc) is 2.42. The molecule has 0 amide bonds. The van der Waals surface area contributed by atoms with Crippen LogP contribution in [0.4, 0.5) is 5.82 Å². The minimum atomic E-state index is 0.566. The van der Waals surface area contributed by atoms with E-state index >= 15 is 0 Å². The zero-order valence-corrected chi connectivity index (χ0v) is 12.1. The molecule has 0 spiro atoms. The smallest absolute Gasteiger partial charge is 0.181 e. The first kappa shape index (κ1) is 13.7. The maximum atomic E-state index is 6.16. The summed E-state index contributed by atoms with van der Waals surface area (Å²) in [6.45, 7) is 6.96. The van der Waals surface area contributed by atoms with Gasteiger partial charge in [0.25, 0.3) is 0 Å². The van der Waals surface area contributed by atoms with Gasteiger partial charge in [0, 0.05) is 24.0 Å². The van der Waals surface area contributed by atoms with Crippen LogP contribution in [-0.2, 0) is 6.42 Å². The topological polar surface area (TPSA) is 50.7 Å². The molecule has 5 heteroatoms. The molecule has 100 valence electrons. The molecule has 1 N–H and O–H groups in total. The van der Waals surface area contributed by atoms with E-state index in [1.54, 1.807) is 18.3 Å². The third-order valence-electron chi connectivity index (χ3n) is 2.90. The normalized spacial score (nSPS) is 10.5. The van der Waals surface area contributed by atoms with Crippen molar-refractivity contribution in [2.24, 2.45) is 0 Å². The Bertz CT molecular complexity index is 584. The van der Waals surface area contributed by atoms with Crippen LogP contribution in [0.25, 0.3) is 11.5 Å². The lowest BCUT2D eigenvalue weighted by Crippen LogP contribution is -2.08. The van der Waals surface area contributed by atoms with Crippen LogP contribution in [0.2, 0.25) is 5.02 Å². The van der Waals surface area contributed by atoms with E-state index in [-0.39, 0.29) is 0 Å². The van der Waals surface area contributed by atoms with E-state index in [0.717, 1.165) is 30.0 Å². The third-order valence-corrected chi connectivity index (χ3v) is 3.20. The number of halogens is 1. The van der Waals surface area contributed by atoms with Gasteiger partial charge in [-0.1, -0.05) is 18.5 Å². The van der Waals surface area contributed by atoms with Crippen molar-refractivity contribution in [3.8, 4) is 11.5 Å². The Hall–Kier alpha value is -1.68. The summed E-state index contributed by atoms with van der Waals surface area (Å²) >= 11 is 6.16. The highest BCUT2D eigenvalue weighted by atomic mass is 35.5. The highest BCUT2D eigenvalue weighted by Gasteiger charge is 2.13. The molecule has 2 aromatic rings. The molecule has 0 unspecified atom stereocenters. The number of hydrogen-bond acceptors (Lipinski definition) is 4. The summed E-state index contributed by atoms with van der Waals surface area (Å²) in [7, 11) is 0. The summed E-state index contributed by atoms with van der Waals surface area (Å²) in [5, 5.41) is 3.82. The monoisotopic (exact) mass is 276 g/mol. The van der Waals surface area contributed by atoms with Crippen LogP contribution in [0.15, 0.2) is 18.3 Å². The maximum Gasteiger partial charge on any atom is 0.181 e. The lowest BCUT2D eigenvalue weighted by Gasteiger charge is -2.12. The Morgan fingerprint density at radius 1 is 1.26 bits per heavy atom. The van der Waals surface area contributed by atoms with Crippen LogP contribution in [0, 0.1) is 6.92 Å². The molecule has 0 radical (unpaired) electrons. The van der Waals surface area contributed by atoms with Gasteiger partial charge in [-0.2, -0.15) is 0 Å². The molecule has 0 saturated carbocycles. The quantitative estimate of drug-likeness (QED) is 0.929. The van der Waals surface area contributed by atoms with Crippen LogP contribution in [0.5, 0.6) is 0 Å². The van der Waals surface area contributed by atoms with Crippen molar-refractivity contribution in [2.75, 3.05) is 11.9 Å². The summed E-state index contributed by atoms with van der Waals surface area (Å²) in [4.78, 5) is 13.4. The Morgan fingerprint density at radius 2 is 2.05 bits per heavy atom. The van der Waals surface area contributed by atoms with E-state index in [9.17, 15) is 0 Å². The zero-order valence-electron chi connectivity index (χ0n) is 11.4. The molecule has 19 heavy (non-hydrogen) atoms. The summed E-state index contributed by atoms with van der Waals surface area (Å²) in [6, 6.07) is 3.59. The van der Waals surface area contributed by atoms with Crippen LogP contribution >= 0.6 is 11.6 Å². The molecule has 0 aliphatic carbocycles. The maximum absolute atomic E-state index is 6.16. The van der Waals surface area contributed by atoms with Gasteiger partial charge < -0.3 is 5.32 Å². The summed E-state index contributed by atoms with van der Waals surface area (Å²) < 4.78 is 0. The van der Waals surface area contributed by atoms with Crippen molar-refractivity contribution in [2.45, 2.75) is 27.2 Å². The fourth-order valence-corrected chi connectivity index (χ4v) is 2.11. The average molecular weight is 277 g/mol. The number of aromatic nitrogens is 3. The fourth-order valence-electron chi connectivity index (χ4n) is 1.90. The van der Waals surface area contributed by atoms with Gasteiger partial charge in [0.05, 0.1) is 5.02 Å². The van der Waals surface area contributed by atoms with Gasteiger partial charge in [-0.15, -0.1) is 0 Å². The van der Waals surface area contributed by atoms with Crippen LogP contribution in [0.3, 0.4) is 0 Å². The van der Waals surface area contributed by atoms with Crippen molar-refractivity contribution in [3.63, 3.8) is 0 Å². The molecule has 0 bridgehead atoms. The van der Waals surface area contributed by atoms with Crippen LogP contribution in [0.1, 0.15) is 25.1 Å². The number of nitrogens with one attached hydrogen (secondary N) is 1. The Kier molecular flexibility index (Phi) is 4.32. The minimum absolute atomic E-state index is 0.566. The van der Waals surface area contributed by atoms with Crippen molar-refractivity contribution >= 4 is 17.4 Å². The van der Waals surface area contributed by atoms with E-state index in [1.165, 1.54) is 0 Å². The van der Waals surface area contributed by atoms with Gasteiger partial charge in [0.1, 0.15) is 11.5 Å². The molecule has 0 saturated heterocycles. The lowest BCUT2D eigenvalue weighted by molar-refractivity contribution is 0.965. The number of anilines is 1. The van der Waals surface area contributed by atoms with Crippen molar-refractivity contribution in [3.05, 3.63) is 34.6 Å². The first-order valence-corrected chi connectivity index (χ1v) is 6.77. The second-order valence-corrected chi connectivity index (χ2v) is 4.59. The first-order chi connectivity index (χ1) is 9.17. The highest BCUT2D eigenvalue weighted by molar-refractivity contribution is 6.32. The number of pyridine rings is 1. The van der Waals surface area contributed by atoms with Gasteiger partial charge in [0.15, 0.2) is 5.82 Å². The second-order valence-electron chi connectivity index (χ2n) is 4.19. The number of aryl methyl sites for hydroxylation is 1. The molecular formula is C14H17ClN4. The van der Waals surface area contributed by atoms with Gasteiger partial charge in [-0.3, -0.25) is 4.98 Å². The minimum Gasteiger partial charge on any atom is -0.370 e. The van der Waals surface area contributed by atoms with Gasteiger partial charge in [0.2, 0.25) is 0 Å². The lowest BCUT2D eigenvalue weighted by atomic mass is 10.2. The summed E-state index contributed by atoms with van der Waals surface area (Å²) in [6.07, 6.45) is 2.55. The first-order valence-electron chi connectivity index (χ1n) is 6.39. The predicted molar refractivity (Wildman–Crippen MR) is 78.6 cm³/mol. The SMILES string of the molecule is CCNc1nc(-c2ncccc2Cl)nc(CC)c1C. The zero-order chi connectivity index (χ0) is 13.8. The molecule has 0 aromatic carbocycles. The molecule has 0 atom stereocenters. The highest BCUT2D eigenvalue weighted by Crippen LogP contribution is 2.25. The molecule has 2 heterocycles. The standard InChI is InChI=1S/C14H17ClN4/c1-4-11-9(3)13(16-5-2)19-14(18-11)12-10(15)7-6-8-17-12/h6-8H,4-5H2,1-3H3,(H,16,18,19). The van der Waals surface area contributed by atoms with Crippen molar-refractivity contribution in [1.29, 1.82) is 0 Å². The van der Waals surface area contributed by atoms with E-state index in [0.29, 0.717) is 16.5 Å². The van der Waals surface area contributed by atoms with E-state index in [1.807, 2.05) is 13.8 Å². The molecular weight excluding hydrogens is 260 g/mol. The van der Waals surface area contributed by atoms with Crippen molar-refractivity contribution in [1.82, 2.24) is 15.0 Å². The molecule has 4 nitrogen and oxygen atoms in total. The third kappa shape index (κ3) is 2.84. The molecule has 2 aromatic heterocycles. The second kappa shape index (κ2) is 5.97. The Labute approximate surface area is 118 Å². The molecule has 0 fully saturated rings. The van der Waals surface area contributed by atoms with E-state index in [4.69, 9.17) is 11.6 Å². The number of hydrogen-bond donors (Lipinski definition) is 1. The van der Waals surface area contributed by atoms with E-state index in [2.05, 4.69) is 27.2 Å². The van der Waals surface area contributed by atoms with Gasteiger partial charge in [-0.05, 0) is 32.4 Å². The number of nitrogens with zero attached hydrogens (tertiary/aromatic N) is 3. The van der Waals surface area contributed by atoms with E-state index < -0.39 is 0 Å². The van der Waals surface area contributed by atoms with Crippen LogP contribution in [-0.4, -0.2) is 21.5 Å². The largest absolute Gasteiger partial charge is 0.370 e.